The number of ether oxygens (including phenoxy) is 1. The fourth-order valence-corrected chi connectivity index (χ4v) is 4.29. The number of nitrogens with one attached hydrogen (secondary N) is 1. The van der Waals surface area contributed by atoms with E-state index in [4.69, 9.17) is 22.1 Å². The SMILES string of the molecule is NC1CCN(c2cc3ncnc(Nc4ccc(OCc5ccccn5)c(Cl)c4)c3cc2[N+](=O)[O-])C1. The van der Waals surface area contributed by atoms with Crippen LogP contribution in [0, 0.1) is 10.1 Å². The van der Waals surface area contributed by atoms with Crippen LogP contribution < -0.4 is 20.7 Å². The Hall–Kier alpha value is -4.02. The summed E-state index contributed by atoms with van der Waals surface area (Å²) in [6.45, 7) is 1.52. The maximum Gasteiger partial charge on any atom is 0.293 e. The van der Waals surface area contributed by atoms with Gasteiger partial charge in [0.25, 0.3) is 5.69 Å². The van der Waals surface area contributed by atoms with Crippen LogP contribution in [0.4, 0.5) is 22.9 Å². The molecule has 0 bridgehead atoms. The number of benzene rings is 2. The molecule has 2 aromatic carbocycles. The molecule has 10 nitrogen and oxygen atoms in total. The predicted molar refractivity (Wildman–Crippen MR) is 134 cm³/mol. The Bertz CT molecular complexity index is 1390. The Morgan fingerprint density at radius 1 is 1.20 bits per heavy atom. The summed E-state index contributed by atoms with van der Waals surface area (Å²) in [6, 6.07) is 14.1. The third kappa shape index (κ3) is 4.93. The Balaban J connectivity index is 1.41. The van der Waals surface area contributed by atoms with E-state index in [1.54, 1.807) is 30.5 Å². The summed E-state index contributed by atoms with van der Waals surface area (Å²) in [5.41, 5.74) is 8.54. The quantitative estimate of drug-likeness (QED) is 0.284. The molecule has 35 heavy (non-hydrogen) atoms. The molecule has 3 heterocycles. The van der Waals surface area contributed by atoms with E-state index in [1.807, 2.05) is 23.1 Å². The van der Waals surface area contributed by atoms with Gasteiger partial charge in [-0.25, -0.2) is 9.97 Å². The standard InChI is InChI=1S/C24H22ClN7O3/c25-19-9-16(4-5-23(19)35-13-17-3-1-2-7-27-17)30-24-18-10-22(32(33)34)21(11-20(18)28-14-29-24)31-8-6-15(26)12-31/h1-5,7,9-11,14-15H,6,8,12-13,26H2,(H,28,29,30). The van der Waals surface area contributed by atoms with Crippen LogP contribution in [0.3, 0.4) is 0 Å². The lowest BCUT2D eigenvalue weighted by atomic mass is 10.1. The molecule has 1 saturated heterocycles. The molecule has 5 rings (SSSR count). The summed E-state index contributed by atoms with van der Waals surface area (Å²) in [6.07, 6.45) is 3.91. The van der Waals surface area contributed by atoms with Crippen LogP contribution in [0.2, 0.25) is 5.02 Å². The summed E-state index contributed by atoms with van der Waals surface area (Å²) in [5, 5.41) is 16.0. The van der Waals surface area contributed by atoms with Gasteiger partial charge >= 0.3 is 0 Å². The molecule has 0 radical (unpaired) electrons. The second kappa shape index (κ2) is 9.69. The minimum absolute atomic E-state index is 0.00594. The van der Waals surface area contributed by atoms with Gasteiger partial charge < -0.3 is 20.7 Å². The summed E-state index contributed by atoms with van der Waals surface area (Å²) < 4.78 is 5.77. The van der Waals surface area contributed by atoms with Gasteiger partial charge in [0.05, 0.1) is 21.2 Å². The highest BCUT2D eigenvalue weighted by molar-refractivity contribution is 6.32. The number of nitro groups is 1. The minimum Gasteiger partial charge on any atom is -0.486 e. The molecule has 0 aliphatic carbocycles. The number of halogens is 1. The monoisotopic (exact) mass is 491 g/mol. The van der Waals surface area contributed by atoms with Gasteiger partial charge in [0.15, 0.2) is 0 Å². The fourth-order valence-electron chi connectivity index (χ4n) is 4.05. The van der Waals surface area contributed by atoms with Crippen molar-refractivity contribution in [2.45, 2.75) is 19.1 Å². The van der Waals surface area contributed by atoms with Gasteiger partial charge in [-0.3, -0.25) is 15.1 Å². The zero-order chi connectivity index (χ0) is 24.4. The fraction of sp³-hybridized carbons (Fsp3) is 0.208. The Morgan fingerprint density at radius 3 is 2.80 bits per heavy atom. The number of anilines is 3. The highest BCUT2D eigenvalue weighted by atomic mass is 35.5. The number of nitro benzene ring substituents is 1. The molecule has 1 aliphatic rings. The molecule has 11 heteroatoms. The van der Waals surface area contributed by atoms with Gasteiger partial charge in [-0.2, -0.15) is 0 Å². The zero-order valence-corrected chi connectivity index (χ0v) is 19.4. The minimum atomic E-state index is -0.389. The highest BCUT2D eigenvalue weighted by Gasteiger charge is 2.27. The van der Waals surface area contributed by atoms with Crippen molar-refractivity contribution in [3.05, 3.63) is 81.9 Å². The number of aromatic nitrogens is 3. The van der Waals surface area contributed by atoms with E-state index >= 15 is 0 Å². The van der Waals surface area contributed by atoms with Gasteiger partial charge in [-0.05, 0) is 42.8 Å². The summed E-state index contributed by atoms with van der Waals surface area (Å²) in [4.78, 5) is 26.3. The van der Waals surface area contributed by atoms with Crippen molar-refractivity contribution in [1.29, 1.82) is 0 Å². The second-order valence-corrected chi connectivity index (χ2v) is 8.62. The van der Waals surface area contributed by atoms with Crippen molar-refractivity contribution in [1.82, 2.24) is 15.0 Å². The van der Waals surface area contributed by atoms with Crippen molar-refractivity contribution in [3.63, 3.8) is 0 Å². The normalized spacial score (nSPS) is 15.4. The molecule has 1 fully saturated rings. The van der Waals surface area contributed by atoms with Crippen LogP contribution >= 0.6 is 11.6 Å². The topological polar surface area (TPSA) is 132 Å². The maximum atomic E-state index is 11.9. The number of nitrogens with zero attached hydrogens (tertiary/aromatic N) is 5. The van der Waals surface area contributed by atoms with Crippen LogP contribution in [0.25, 0.3) is 10.9 Å². The number of fused-ring (bicyclic) bond motifs is 1. The van der Waals surface area contributed by atoms with Crippen molar-refractivity contribution >= 4 is 45.4 Å². The average molecular weight is 492 g/mol. The van der Waals surface area contributed by atoms with E-state index in [1.165, 1.54) is 12.4 Å². The lowest BCUT2D eigenvalue weighted by molar-refractivity contribution is -0.384. The number of hydrogen-bond donors (Lipinski definition) is 2. The average Bonchev–Trinajstić information content (AvgIpc) is 3.29. The van der Waals surface area contributed by atoms with Gasteiger partial charge in [-0.15, -0.1) is 0 Å². The number of rotatable bonds is 7. The smallest absolute Gasteiger partial charge is 0.293 e. The summed E-state index contributed by atoms with van der Waals surface area (Å²) >= 11 is 6.43. The van der Waals surface area contributed by atoms with E-state index in [-0.39, 0.29) is 23.3 Å². The van der Waals surface area contributed by atoms with E-state index < -0.39 is 0 Å². The van der Waals surface area contributed by atoms with Crippen LogP contribution in [0.1, 0.15) is 12.1 Å². The number of hydrogen-bond acceptors (Lipinski definition) is 9. The first kappa shape index (κ1) is 22.8. The van der Waals surface area contributed by atoms with Gasteiger partial charge in [-0.1, -0.05) is 17.7 Å². The Kier molecular flexibility index (Phi) is 6.30. The summed E-state index contributed by atoms with van der Waals surface area (Å²) in [5.74, 6) is 0.945. The highest BCUT2D eigenvalue weighted by Crippen LogP contribution is 2.37. The molecule has 0 amide bonds. The van der Waals surface area contributed by atoms with Crippen molar-refractivity contribution < 1.29 is 9.66 Å². The van der Waals surface area contributed by atoms with Crippen LogP contribution in [0.15, 0.2) is 61.1 Å². The van der Waals surface area contributed by atoms with E-state index in [0.29, 0.717) is 52.0 Å². The number of nitrogens with two attached hydrogens (primary N) is 1. The largest absolute Gasteiger partial charge is 0.486 e. The molecular weight excluding hydrogens is 470 g/mol. The molecule has 1 atom stereocenters. The summed E-state index contributed by atoms with van der Waals surface area (Å²) in [7, 11) is 0. The molecule has 4 aromatic rings. The lowest BCUT2D eigenvalue weighted by Crippen LogP contribution is -2.26. The molecular formula is C24H22ClN7O3. The zero-order valence-electron chi connectivity index (χ0n) is 18.6. The van der Waals surface area contributed by atoms with Crippen molar-refractivity contribution in [3.8, 4) is 5.75 Å². The van der Waals surface area contributed by atoms with E-state index in [9.17, 15) is 10.1 Å². The lowest BCUT2D eigenvalue weighted by Gasteiger charge is -2.19. The Labute approximate surface area is 205 Å². The van der Waals surface area contributed by atoms with Crippen LogP contribution in [0.5, 0.6) is 5.75 Å². The first-order valence-electron chi connectivity index (χ1n) is 11.0. The van der Waals surface area contributed by atoms with Gasteiger partial charge in [0.2, 0.25) is 0 Å². The molecule has 0 saturated carbocycles. The predicted octanol–water partition coefficient (Wildman–Crippen LogP) is 4.45. The van der Waals surface area contributed by atoms with Crippen LogP contribution in [-0.4, -0.2) is 39.0 Å². The van der Waals surface area contributed by atoms with E-state index in [0.717, 1.165) is 12.1 Å². The molecule has 3 N–H and O–H groups in total. The molecule has 1 unspecified atom stereocenters. The molecule has 178 valence electrons. The molecule has 2 aromatic heterocycles. The van der Waals surface area contributed by atoms with E-state index in [2.05, 4.69) is 20.3 Å². The Morgan fingerprint density at radius 2 is 2.09 bits per heavy atom. The van der Waals surface area contributed by atoms with Crippen LogP contribution in [-0.2, 0) is 6.61 Å². The maximum absolute atomic E-state index is 11.9. The third-order valence-corrected chi connectivity index (χ3v) is 6.09. The first-order chi connectivity index (χ1) is 17.0. The molecule has 0 spiro atoms. The van der Waals surface area contributed by atoms with Crippen molar-refractivity contribution in [2.24, 2.45) is 5.73 Å². The van der Waals surface area contributed by atoms with Gasteiger partial charge in [0, 0.05) is 42.5 Å². The first-order valence-corrected chi connectivity index (χ1v) is 11.4. The third-order valence-electron chi connectivity index (χ3n) is 5.79. The number of pyridine rings is 1. The van der Waals surface area contributed by atoms with Crippen molar-refractivity contribution in [2.75, 3.05) is 23.3 Å². The van der Waals surface area contributed by atoms with Gasteiger partial charge in [0.1, 0.15) is 30.2 Å². The molecule has 1 aliphatic heterocycles. The second-order valence-electron chi connectivity index (χ2n) is 8.21.